The third kappa shape index (κ3) is 3.12. The molecule has 0 aromatic heterocycles. The van der Waals surface area contributed by atoms with Crippen LogP contribution >= 0.6 is 0 Å². The smallest absolute Gasteiger partial charge is 0.309 e. The molecule has 2 unspecified atom stereocenters. The number of rotatable bonds is 3. The molecule has 2 N–H and O–H groups in total. The highest BCUT2D eigenvalue weighted by Gasteiger charge is 2.25. The van der Waals surface area contributed by atoms with Crippen molar-refractivity contribution in [1.82, 2.24) is 10.2 Å². The molecule has 1 rings (SSSR count). The van der Waals surface area contributed by atoms with Crippen molar-refractivity contribution in [1.29, 1.82) is 0 Å². The zero-order valence-corrected chi connectivity index (χ0v) is 8.57. The highest BCUT2D eigenvalue weighted by atomic mass is 16.4. The Morgan fingerprint density at radius 3 is 3.00 bits per heavy atom. The number of carbonyl (C=O) groups is 1. The predicted molar refractivity (Wildman–Crippen MR) is 55.2 cm³/mol. The van der Waals surface area contributed by atoms with E-state index in [1.165, 1.54) is 0 Å². The molecule has 4 nitrogen and oxygen atoms in total. The van der Waals surface area contributed by atoms with Gasteiger partial charge in [0.05, 0.1) is 5.92 Å². The van der Waals surface area contributed by atoms with Crippen molar-refractivity contribution in [2.24, 2.45) is 5.92 Å². The molecule has 0 aromatic carbocycles. The first-order chi connectivity index (χ1) is 6.63. The maximum Gasteiger partial charge on any atom is 0.309 e. The molecule has 4 heteroatoms. The summed E-state index contributed by atoms with van der Waals surface area (Å²) in [5, 5.41) is 12.2. The van der Waals surface area contributed by atoms with Crippen molar-refractivity contribution in [3.63, 3.8) is 0 Å². The first kappa shape index (κ1) is 11.2. The highest BCUT2D eigenvalue weighted by molar-refractivity contribution is 5.70. The van der Waals surface area contributed by atoms with Crippen LogP contribution in [0.1, 0.15) is 6.92 Å². The lowest BCUT2D eigenvalue weighted by Gasteiger charge is -2.21. The monoisotopic (exact) mass is 198 g/mol. The Hall–Kier alpha value is -0.870. The summed E-state index contributed by atoms with van der Waals surface area (Å²) in [4.78, 5) is 13.0. The van der Waals surface area contributed by atoms with E-state index in [4.69, 9.17) is 5.11 Å². The minimum Gasteiger partial charge on any atom is -0.481 e. The van der Waals surface area contributed by atoms with E-state index in [9.17, 15) is 4.79 Å². The van der Waals surface area contributed by atoms with E-state index in [0.717, 1.165) is 13.1 Å². The van der Waals surface area contributed by atoms with E-state index in [2.05, 4.69) is 23.7 Å². The van der Waals surface area contributed by atoms with Gasteiger partial charge in [-0.05, 0) is 6.92 Å². The molecule has 0 saturated carbocycles. The molecular weight excluding hydrogens is 180 g/mol. The molecule has 0 bridgehead atoms. The van der Waals surface area contributed by atoms with Crippen molar-refractivity contribution in [3.8, 4) is 0 Å². The van der Waals surface area contributed by atoms with Gasteiger partial charge in [0.25, 0.3) is 0 Å². The van der Waals surface area contributed by atoms with Crippen LogP contribution in [0.15, 0.2) is 12.7 Å². The molecule has 1 aliphatic rings. The molecule has 1 heterocycles. The molecule has 0 radical (unpaired) electrons. The second-order valence-corrected chi connectivity index (χ2v) is 3.85. The number of carboxylic acids is 1. The van der Waals surface area contributed by atoms with Gasteiger partial charge in [-0.25, -0.2) is 0 Å². The Balaban J connectivity index is 2.58. The van der Waals surface area contributed by atoms with Gasteiger partial charge in [0, 0.05) is 32.2 Å². The van der Waals surface area contributed by atoms with Crippen LogP contribution in [0.25, 0.3) is 0 Å². The third-order valence-electron chi connectivity index (χ3n) is 2.46. The van der Waals surface area contributed by atoms with Crippen LogP contribution in [0.5, 0.6) is 0 Å². The summed E-state index contributed by atoms with van der Waals surface area (Å²) in [6, 6.07) is 0.347. The van der Waals surface area contributed by atoms with Gasteiger partial charge in [0.15, 0.2) is 0 Å². The molecule has 14 heavy (non-hydrogen) atoms. The zero-order valence-electron chi connectivity index (χ0n) is 8.57. The van der Waals surface area contributed by atoms with Crippen molar-refractivity contribution in [2.75, 3.05) is 26.2 Å². The molecule has 1 saturated heterocycles. The van der Waals surface area contributed by atoms with Crippen molar-refractivity contribution < 1.29 is 9.90 Å². The van der Waals surface area contributed by atoms with E-state index >= 15 is 0 Å². The molecule has 0 spiro atoms. The lowest BCUT2D eigenvalue weighted by atomic mass is 10.1. The minimum absolute atomic E-state index is 0.306. The van der Waals surface area contributed by atoms with Gasteiger partial charge in [-0.15, -0.1) is 6.58 Å². The summed E-state index contributed by atoms with van der Waals surface area (Å²) in [5.41, 5.74) is 0. The number of carboxylic acid groups (broad SMARTS) is 1. The highest BCUT2D eigenvalue weighted by Crippen LogP contribution is 2.06. The van der Waals surface area contributed by atoms with Crippen LogP contribution in [-0.4, -0.2) is 48.2 Å². The van der Waals surface area contributed by atoms with Crippen molar-refractivity contribution in [3.05, 3.63) is 12.7 Å². The van der Waals surface area contributed by atoms with Gasteiger partial charge < -0.3 is 10.4 Å². The van der Waals surface area contributed by atoms with Crippen LogP contribution in [-0.2, 0) is 4.79 Å². The molecule has 1 aliphatic heterocycles. The van der Waals surface area contributed by atoms with E-state index in [-0.39, 0.29) is 5.92 Å². The number of nitrogens with zero attached hydrogens (tertiary/aromatic N) is 1. The van der Waals surface area contributed by atoms with Gasteiger partial charge in [-0.3, -0.25) is 9.69 Å². The van der Waals surface area contributed by atoms with Crippen LogP contribution in [0, 0.1) is 5.92 Å². The van der Waals surface area contributed by atoms with E-state index in [0.29, 0.717) is 19.1 Å². The summed E-state index contributed by atoms with van der Waals surface area (Å²) >= 11 is 0. The lowest BCUT2D eigenvalue weighted by molar-refractivity contribution is -0.141. The average molecular weight is 198 g/mol. The minimum atomic E-state index is -0.722. The molecule has 0 amide bonds. The number of aliphatic carboxylic acids is 1. The molecule has 0 aromatic rings. The second kappa shape index (κ2) is 5.12. The fraction of sp³-hybridized carbons (Fsp3) is 0.700. The van der Waals surface area contributed by atoms with E-state index < -0.39 is 5.97 Å². The van der Waals surface area contributed by atoms with Crippen LogP contribution in [0.2, 0.25) is 0 Å². The summed E-state index contributed by atoms with van der Waals surface area (Å²) in [6.07, 6.45) is 1.82. The molecular formula is C10H18N2O2. The quantitative estimate of drug-likeness (QED) is 0.635. The predicted octanol–water partition coefficient (Wildman–Crippen LogP) is 0.167. The summed E-state index contributed by atoms with van der Waals surface area (Å²) in [5.74, 6) is -1.03. The maximum absolute atomic E-state index is 10.9. The van der Waals surface area contributed by atoms with E-state index in [1.807, 2.05) is 6.08 Å². The first-order valence-electron chi connectivity index (χ1n) is 4.93. The fourth-order valence-corrected chi connectivity index (χ4v) is 1.74. The Kier molecular flexibility index (Phi) is 4.10. The normalized spacial score (nSPS) is 29.5. The standard InChI is InChI=1S/C10H18N2O2/c1-3-4-12-6-8(2)11-5-9(7-12)10(13)14/h3,8-9,11H,1,4-7H2,2H3,(H,13,14). The van der Waals surface area contributed by atoms with Crippen LogP contribution in [0.4, 0.5) is 0 Å². The van der Waals surface area contributed by atoms with Crippen LogP contribution in [0.3, 0.4) is 0 Å². The topological polar surface area (TPSA) is 52.6 Å². The average Bonchev–Trinajstić information content (AvgIpc) is 2.28. The van der Waals surface area contributed by atoms with Gasteiger partial charge in [-0.1, -0.05) is 6.08 Å². The molecule has 0 aliphatic carbocycles. The Morgan fingerprint density at radius 2 is 2.43 bits per heavy atom. The number of hydrogen-bond acceptors (Lipinski definition) is 3. The number of nitrogens with one attached hydrogen (secondary N) is 1. The number of hydrogen-bond donors (Lipinski definition) is 2. The molecule has 80 valence electrons. The summed E-state index contributed by atoms with van der Waals surface area (Å²) in [7, 11) is 0. The maximum atomic E-state index is 10.9. The van der Waals surface area contributed by atoms with Gasteiger partial charge in [0.2, 0.25) is 0 Å². The zero-order chi connectivity index (χ0) is 10.6. The van der Waals surface area contributed by atoms with E-state index in [1.54, 1.807) is 0 Å². The van der Waals surface area contributed by atoms with Crippen molar-refractivity contribution in [2.45, 2.75) is 13.0 Å². The van der Waals surface area contributed by atoms with Gasteiger partial charge in [-0.2, -0.15) is 0 Å². The van der Waals surface area contributed by atoms with Crippen LogP contribution < -0.4 is 5.32 Å². The summed E-state index contributed by atoms with van der Waals surface area (Å²) < 4.78 is 0. The SMILES string of the molecule is C=CCN1CC(C)NCC(C(=O)O)C1. The summed E-state index contributed by atoms with van der Waals surface area (Å²) in [6.45, 7) is 8.55. The molecule has 2 atom stereocenters. The second-order valence-electron chi connectivity index (χ2n) is 3.85. The Labute approximate surface area is 84.6 Å². The first-order valence-corrected chi connectivity index (χ1v) is 4.93. The van der Waals surface area contributed by atoms with Gasteiger partial charge in [0.1, 0.15) is 0 Å². The third-order valence-corrected chi connectivity index (χ3v) is 2.46. The molecule has 1 fully saturated rings. The lowest BCUT2D eigenvalue weighted by Crippen LogP contribution is -2.35. The largest absolute Gasteiger partial charge is 0.481 e. The fourth-order valence-electron chi connectivity index (χ4n) is 1.74. The Morgan fingerprint density at radius 1 is 1.71 bits per heavy atom. The Bertz CT molecular complexity index is 218. The van der Waals surface area contributed by atoms with Crippen molar-refractivity contribution >= 4 is 5.97 Å². The van der Waals surface area contributed by atoms with Gasteiger partial charge >= 0.3 is 5.97 Å².